The first-order valence-corrected chi connectivity index (χ1v) is 6.91. The Morgan fingerprint density at radius 1 is 1.37 bits per heavy atom. The van der Waals surface area contributed by atoms with Gasteiger partial charge in [-0.15, -0.1) is 0 Å². The summed E-state index contributed by atoms with van der Waals surface area (Å²) < 4.78 is 0. The van der Waals surface area contributed by atoms with E-state index in [1.807, 2.05) is 6.92 Å². The van der Waals surface area contributed by atoms with E-state index < -0.39 is 11.5 Å². The average Bonchev–Trinajstić information content (AvgIpc) is 2.64. The largest absolute Gasteiger partial charge is 0.480 e. The van der Waals surface area contributed by atoms with Crippen LogP contribution in [0.25, 0.3) is 0 Å². The number of hydrogen-bond donors (Lipinski definition) is 2. The summed E-state index contributed by atoms with van der Waals surface area (Å²) in [4.78, 5) is 20.0. The van der Waals surface area contributed by atoms with Gasteiger partial charge < -0.3 is 10.4 Å². The molecule has 0 saturated heterocycles. The van der Waals surface area contributed by atoms with Gasteiger partial charge in [-0.05, 0) is 39.0 Å². The third kappa shape index (κ3) is 2.85. The monoisotopic (exact) mass is 263 g/mol. The molecule has 19 heavy (non-hydrogen) atoms. The number of rotatable bonds is 4. The highest BCUT2D eigenvalue weighted by molar-refractivity contribution is 5.82. The lowest BCUT2D eigenvalue weighted by Gasteiger charge is -2.26. The number of carbonyl (C=O) groups is 1. The number of aryl methyl sites for hydroxylation is 1. The summed E-state index contributed by atoms with van der Waals surface area (Å²) in [5.74, 6) is -0.158. The van der Waals surface area contributed by atoms with Crippen molar-refractivity contribution < 1.29 is 9.90 Å². The van der Waals surface area contributed by atoms with E-state index in [0.29, 0.717) is 12.2 Å². The Hall–Kier alpha value is -1.65. The van der Waals surface area contributed by atoms with E-state index in [4.69, 9.17) is 0 Å². The molecule has 0 aliphatic heterocycles. The molecule has 0 amide bonds. The second-order valence-electron chi connectivity index (χ2n) is 5.32. The minimum absolute atomic E-state index is 0.501. The summed E-state index contributed by atoms with van der Waals surface area (Å²) in [5.41, 5.74) is 1.19. The van der Waals surface area contributed by atoms with Crippen LogP contribution in [-0.4, -0.2) is 26.6 Å². The Morgan fingerprint density at radius 2 is 2.11 bits per heavy atom. The molecular formula is C14H21N3O2. The lowest BCUT2D eigenvalue weighted by molar-refractivity contribution is -0.141. The van der Waals surface area contributed by atoms with Crippen molar-refractivity contribution in [2.75, 3.05) is 5.32 Å². The van der Waals surface area contributed by atoms with Gasteiger partial charge in [0.1, 0.15) is 17.7 Å². The number of carboxylic acid groups (broad SMARTS) is 1. The molecule has 0 bridgehead atoms. The van der Waals surface area contributed by atoms with Gasteiger partial charge in [-0.3, -0.25) is 0 Å². The number of fused-ring (bicyclic) bond motifs is 1. The standard InChI is InChI=1S/C14H21N3O2/c1-3-14(2,13(18)19)17-12-10-7-5-4-6-8-11(10)15-9-16-12/h9H,3-8H2,1-2H3,(H,18,19)(H,15,16,17). The van der Waals surface area contributed by atoms with Crippen molar-refractivity contribution >= 4 is 11.8 Å². The molecule has 1 unspecified atom stereocenters. The quantitative estimate of drug-likeness (QED) is 0.816. The molecule has 104 valence electrons. The molecule has 1 aromatic heterocycles. The van der Waals surface area contributed by atoms with Crippen LogP contribution in [0.5, 0.6) is 0 Å². The highest BCUT2D eigenvalue weighted by Gasteiger charge is 2.32. The Labute approximate surface area is 113 Å². The van der Waals surface area contributed by atoms with E-state index in [-0.39, 0.29) is 0 Å². The maximum atomic E-state index is 11.4. The van der Waals surface area contributed by atoms with E-state index >= 15 is 0 Å². The van der Waals surface area contributed by atoms with Crippen LogP contribution in [0.4, 0.5) is 5.82 Å². The zero-order valence-corrected chi connectivity index (χ0v) is 11.6. The average molecular weight is 263 g/mol. The third-order valence-corrected chi connectivity index (χ3v) is 3.95. The van der Waals surface area contributed by atoms with Crippen LogP contribution in [0, 0.1) is 0 Å². The van der Waals surface area contributed by atoms with Crippen LogP contribution >= 0.6 is 0 Å². The van der Waals surface area contributed by atoms with E-state index in [0.717, 1.165) is 36.9 Å². The number of hydrogen-bond acceptors (Lipinski definition) is 4. The van der Waals surface area contributed by atoms with Gasteiger partial charge in [-0.25, -0.2) is 14.8 Å². The number of aliphatic carboxylic acids is 1. The third-order valence-electron chi connectivity index (χ3n) is 3.95. The Balaban J connectivity index is 2.33. The van der Waals surface area contributed by atoms with Crippen LogP contribution in [-0.2, 0) is 17.6 Å². The van der Waals surface area contributed by atoms with Crippen LogP contribution in [0.3, 0.4) is 0 Å². The first kappa shape index (κ1) is 13.8. The van der Waals surface area contributed by atoms with Gasteiger partial charge >= 0.3 is 5.97 Å². The molecule has 2 rings (SSSR count). The minimum Gasteiger partial charge on any atom is -0.480 e. The van der Waals surface area contributed by atoms with Gasteiger partial charge in [0.15, 0.2) is 0 Å². The number of aromatic nitrogens is 2. The van der Waals surface area contributed by atoms with Crippen molar-refractivity contribution in [1.82, 2.24) is 9.97 Å². The molecule has 0 saturated carbocycles. The fourth-order valence-electron chi connectivity index (χ4n) is 2.36. The first-order chi connectivity index (χ1) is 9.07. The normalized spacial score (nSPS) is 18.0. The minimum atomic E-state index is -0.978. The molecule has 2 N–H and O–H groups in total. The summed E-state index contributed by atoms with van der Waals surface area (Å²) in [6.07, 6.45) is 7.38. The maximum absolute atomic E-state index is 11.4. The first-order valence-electron chi connectivity index (χ1n) is 6.91. The summed E-state index contributed by atoms with van der Waals surface area (Å²) in [5, 5.41) is 12.5. The molecule has 0 aromatic carbocycles. The molecule has 1 atom stereocenters. The lowest BCUT2D eigenvalue weighted by Crippen LogP contribution is -2.43. The topological polar surface area (TPSA) is 75.1 Å². The van der Waals surface area contributed by atoms with E-state index in [2.05, 4.69) is 15.3 Å². The van der Waals surface area contributed by atoms with Crippen molar-refractivity contribution in [3.8, 4) is 0 Å². The van der Waals surface area contributed by atoms with E-state index in [1.165, 1.54) is 12.7 Å². The van der Waals surface area contributed by atoms with Crippen molar-refractivity contribution in [3.05, 3.63) is 17.6 Å². The second-order valence-corrected chi connectivity index (χ2v) is 5.32. The molecule has 5 heteroatoms. The fraction of sp³-hybridized carbons (Fsp3) is 0.643. The predicted octanol–water partition coefficient (Wildman–Crippen LogP) is 2.41. The highest BCUT2D eigenvalue weighted by atomic mass is 16.4. The SMILES string of the molecule is CCC(C)(Nc1ncnc2c1CCCCC2)C(=O)O. The highest BCUT2D eigenvalue weighted by Crippen LogP contribution is 2.26. The van der Waals surface area contributed by atoms with Gasteiger partial charge in [0.25, 0.3) is 0 Å². The number of carboxylic acids is 1. The Bertz CT molecular complexity index is 476. The second kappa shape index (κ2) is 5.55. The molecule has 1 aromatic rings. The molecule has 0 spiro atoms. The van der Waals surface area contributed by atoms with Crippen molar-refractivity contribution in [2.45, 2.75) is 57.9 Å². The fourth-order valence-corrected chi connectivity index (χ4v) is 2.36. The number of anilines is 1. The van der Waals surface area contributed by atoms with Crippen LogP contribution in [0.1, 0.15) is 50.8 Å². The zero-order chi connectivity index (χ0) is 13.9. The molecular weight excluding hydrogens is 242 g/mol. The van der Waals surface area contributed by atoms with Crippen LogP contribution in [0.2, 0.25) is 0 Å². The Kier molecular flexibility index (Phi) is 4.02. The summed E-state index contributed by atoms with van der Waals surface area (Å²) >= 11 is 0. The Morgan fingerprint density at radius 3 is 2.79 bits per heavy atom. The predicted molar refractivity (Wildman–Crippen MR) is 73.2 cm³/mol. The zero-order valence-electron chi connectivity index (χ0n) is 11.6. The molecule has 0 fully saturated rings. The maximum Gasteiger partial charge on any atom is 0.329 e. The van der Waals surface area contributed by atoms with Crippen LogP contribution < -0.4 is 5.32 Å². The molecule has 0 radical (unpaired) electrons. The molecule has 1 aliphatic rings. The van der Waals surface area contributed by atoms with Gasteiger partial charge in [0, 0.05) is 11.3 Å². The van der Waals surface area contributed by atoms with E-state index in [9.17, 15) is 9.90 Å². The van der Waals surface area contributed by atoms with Gasteiger partial charge in [0.05, 0.1) is 0 Å². The van der Waals surface area contributed by atoms with Crippen molar-refractivity contribution in [3.63, 3.8) is 0 Å². The van der Waals surface area contributed by atoms with Gasteiger partial charge in [-0.2, -0.15) is 0 Å². The summed E-state index contributed by atoms with van der Waals surface area (Å²) in [6, 6.07) is 0. The van der Waals surface area contributed by atoms with Gasteiger partial charge in [0.2, 0.25) is 0 Å². The van der Waals surface area contributed by atoms with Gasteiger partial charge in [-0.1, -0.05) is 13.3 Å². The molecule has 1 heterocycles. The lowest BCUT2D eigenvalue weighted by atomic mass is 9.98. The molecule has 1 aliphatic carbocycles. The summed E-state index contributed by atoms with van der Waals surface area (Å²) in [6.45, 7) is 3.56. The van der Waals surface area contributed by atoms with Crippen LogP contribution in [0.15, 0.2) is 6.33 Å². The van der Waals surface area contributed by atoms with Crippen molar-refractivity contribution in [2.24, 2.45) is 0 Å². The number of nitrogens with one attached hydrogen (secondary N) is 1. The molecule has 5 nitrogen and oxygen atoms in total. The summed E-state index contributed by atoms with van der Waals surface area (Å²) in [7, 11) is 0. The smallest absolute Gasteiger partial charge is 0.329 e. The van der Waals surface area contributed by atoms with E-state index in [1.54, 1.807) is 6.92 Å². The van der Waals surface area contributed by atoms with Crippen molar-refractivity contribution in [1.29, 1.82) is 0 Å². The number of nitrogens with zero attached hydrogens (tertiary/aromatic N) is 2.